The quantitative estimate of drug-likeness (QED) is 0.212. The van der Waals surface area contributed by atoms with Crippen LogP contribution in [0.15, 0.2) is 0 Å². The molecule has 0 saturated carbocycles. The van der Waals surface area contributed by atoms with Crippen molar-refractivity contribution in [2.24, 2.45) is 0 Å². The molecule has 1 N–H and O–H groups in total. The highest BCUT2D eigenvalue weighted by Gasteiger charge is 1.95. The van der Waals surface area contributed by atoms with Crippen molar-refractivity contribution in [2.45, 2.75) is 156 Å². The number of carboxylic acids is 1. The van der Waals surface area contributed by atoms with Crippen molar-refractivity contribution in [2.75, 3.05) is 0 Å². The molecule has 0 unspecified atom stereocenters. The molecule has 0 spiro atoms. The summed E-state index contributed by atoms with van der Waals surface area (Å²) in [6, 6.07) is 0. The van der Waals surface area contributed by atoms with Crippen LogP contribution in [0.4, 0.5) is 0 Å². The van der Waals surface area contributed by atoms with Crippen LogP contribution >= 0.6 is 0 Å². The molecular weight excluding hydrogens is 332 g/mol. The van der Waals surface area contributed by atoms with Crippen LogP contribution in [0.3, 0.4) is 0 Å². The first-order valence-corrected chi connectivity index (χ1v) is 12.4. The maximum Gasteiger partial charge on any atom is 0.303 e. The molecule has 0 amide bonds. The van der Waals surface area contributed by atoms with Gasteiger partial charge in [-0.15, -0.1) is 0 Å². The van der Waals surface area contributed by atoms with E-state index in [0.29, 0.717) is 6.42 Å². The van der Waals surface area contributed by atoms with Crippen molar-refractivity contribution in [3.8, 4) is 0 Å². The number of unbranched alkanes of at least 4 members (excludes halogenated alkanes) is 18. The Bertz CT molecular complexity index is 249. The largest absolute Gasteiger partial charge is 0.481 e. The fraction of sp³-hybridized carbons (Fsp3) is 0.960. The standard InChI is InChI=1S/C17H36.C8H16O2/c1-3-5-7-9-11-13-15-17-16-14-12-10-8-6-4-2;1-2-3-4-5-6-7-8(9)10/h3-17H2,1-2H3;2-7H2,1H3,(H,9,10). The Balaban J connectivity index is 0. The zero-order chi connectivity index (χ0) is 20.4. The maximum absolute atomic E-state index is 10.0. The van der Waals surface area contributed by atoms with E-state index in [2.05, 4.69) is 20.8 Å². The molecule has 0 atom stereocenters. The lowest BCUT2D eigenvalue weighted by Gasteiger charge is -2.02. The van der Waals surface area contributed by atoms with Crippen molar-refractivity contribution in [1.29, 1.82) is 0 Å². The van der Waals surface area contributed by atoms with Crippen molar-refractivity contribution < 1.29 is 9.90 Å². The van der Waals surface area contributed by atoms with Crippen molar-refractivity contribution >= 4 is 5.97 Å². The molecule has 0 aromatic carbocycles. The van der Waals surface area contributed by atoms with E-state index in [0.717, 1.165) is 12.8 Å². The van der Waals surface area contributed by atoms with Crippen molar-refractivity contribution in [1.82, 2.24) is 0 Å². The molecule has 0 saturated heterocycles. The van der Waals surface area contributed by atoms with E-state index in [9.17, 15) is 4.79 Å². The minimum atomic E-state index is -0.670. The van der Waals surface area contributed by atoms with E-state index >= 15 is 0 Å². The van der Waals surface area contributed by atoms with Crippen LogP contribution in [0.25, 0.3) is 0 Å². The third kappa shape index (κ3) is 33.5. The monoisotopic (exact) mass is 384 g/mol. The van der Waals surface area contributed by atoms with Crippen LogP contribution < -0.4 is 0 Å². The summed E-state index contributed by atoms with van der Waals surface area (Å²) in [5, 5.41) is 8.27. The molecule has 0 bridgehead atoms. The van der Waals surface area contributed by atoms with Crippen LogP contribution in [0.5, 0.6) is 0 Å². The first-order chi connectivity index (χ1) is 13.2. The average molecular weight is 385 g/mol. The zero-order valence-corrected chi connectivity index (χ0v) is 19.2. The second-order valence-electron chi connectivity index (χ2n) is 8.15. The van der Waals surface area contributed by atoms with Gasteiger partial charge >= 0.3 is 5.97 Å². The van der Waals surface area contributed by atoms with Gasteiger partial charge in [-0.25, -0.2) is 0 Å². The van der Waals surface area contributed by atoms with E-state index in [4.69, 9.17) is 5.11 Å². The van der Waals surface area contributed by atoms with E-state index in [1.54, 1.807) is 0 Å². The third-order valence-corrected chi connectivity index (χ3v) is 5.20. The fourth-order valence-corrected chi connectivity index (χ4v) is 3.32. The highest BCUT2D eigenvalue weighted by molar-refractivity contribution is 5.66. The molecule has 0 fully saturated rings. The Morgan fingerprint density at radius 1 is 0.444 bits per heavy atom. The molecule has 27 heavy (non-hydrogen) atoms. The molecule has 164 valence electrons. The number of carbonyl (C=O) groups is 1. The molecule has 0 heterocycles. The summed E-state index contributed by atoms with van der Waals surface area (Å²) in [6.07, 6.45) is 27.8. The Labute approximate surface area is 171 Å². The first kappa shape index (κ1) is 28.7. The van der Waals surface area contributed by atoms with E-state index in [1.807, 2.05) is 0 Å². The maximum atomic E-state index is 10.0. The molecule has 2 nitrogen and oxygen atoms in total. The number of hydrogen-bond acceptors (Lipinski definition) is 1. The van der Waals surface area contributed by atoms with E-state index < -0.39 is 5.97 Å². The average Bonchev–Trinajstić information content (AvgIpc) is 2.66. The first-order valence-electron chi connectivity index (χ1n) is 12.4. The van der Waals surface area contributed by atoms with Crippen LogP contribution in [-0.4, -0.2) is 11.1 Å². The second-order valence-corrected chi connectivity index (χ2v) is 8.15. The Morgan fingerprint density at radius 3 is 0.889 bits per heavy atom. The molecule has 0 aliphatic heterocycles. The number of rotatable bonds is 20. The van der Waals surface area contributed by atoms with Gasteiger partial charge in [0.15, 0.2) is 0 Å². The smallest absolute Gasteiger partial charge is 0.303 e. The molecule has 0 rings (SSSR count). The molecular formula is C25H52O2. The van der Waals surface area contributed by atoms with Crippen LogP contribution in [0.1, 0.15) is 156 Å². The summed E-state index contributed by atoms with van der Waals surface area (Å²) < 4.78 is 0. The van der Waals surface area contributed by atoms with Gasteiger partial charge in [-0.3, -0.25) is 4.79 Å². The summed E-state index contributed by atoms with van der Waals surface area (Å²) in [7, 11) is 0. The van der Waals surface area contributed by atoms with Gasteiger partial charge in [-0.05, 0) is 6.42 Å². The molecule has 0 aromatic rings. The fourth-order valence-electron chi connectivity index (χ4n) is 3.32. The summed E-state index contributed by atoms with van der Waals surface area (Å²) in [5.74, 6) is -0.670. The van der Waals surface area contributed by atoms with Crippen LogP contribution in [0, 0.1) is 0 Å². The summed E-state index contributed by atoms with van der Waals surface area (Å²) >= 11 is 0. The molecule has 0 aliphatic carbocycles. The predicted octanol–water partition coefficient (Wildman–Crippen LogP) is 9.31. The van der Waals surface area contributed by atoms with Crippen molar-refractivity contribution in [3.05, 3.63) is 0 Å². The Hall–Kier alpha value is -0.530. The van der Waals surface area contributed by atoms with Gasteiger partial charge < -0.3 is 5.11 Å². The highest BCUT2D eigenvalue weighted by atomic mass is 16.4. The minimum absolute atomic E-state index is 0.337. The lowest BCUT2D eigenvalue weighted by molar-refractivity contribution is -0.137. The Kier molecular flexibility index (Phi) is 29.4. The van der Waals surface area contributed by atoms with Gasteiger partial charge in [0.25, 0.3) is 0 Å². The second kappa shape index (κ2) is 27.7. The number of carboxylic acid groups (broad SMARTS) is 1. The van der Waals surface area contributed by atoms with Crippen LogP contribution in [-0.2, 0) is 4.79 Å². The minimum Gasteiger partial charge on any atom is -0.481 e. The third-order valence-electron chi connectivity index (χ3n) is 5.20. The Morgan fingerprint density at radius 2 is 0.667 bits per heavy atom. The van der Waals surface area contributed by atoms with Gasteiger partial charge in [-0.1, -0.05) is 143 Å². The van der Waals surface area contributed by atoms with E-state index in [-0.39, 0.29) is 0 Å². The number of aliphatic carboxylic acids is 1. The van der Waals surface area contributed by atoms with E-state index in [1.165, 1.54) is 116 Å². The lowest BCUT2D eigenvalue weighted by Crippen LogP contribution is -1.93. The summed E-state index contributed by atoms with van der Waals surface area (Å²) in [6.45, 7) is 6.73. The number of hydrogen-bond donors (Lipinski definition) is 1. The van der Waals surface area contributed by atoms with Gasteiger partial charge in [-0.2, -0.15) is 0 Å². The predicted molar refractivity (Wildman–Crippen MR) is 122 cm³/mol. The topological polar surface area (TPSA) is 37.3 Å². The molecule has 0 aromatic heterocycles. The van der Waals surface area contributed by atoms with Gasteiger partial charge in [0.2, 0.25) is 0 Å². The van der Waals surface area contributed by atoms with Crippen LogP contribution in [0.2, 0.25) is 0 Å². The normalized spacial score (nSPS) is 10.5. The molecule has 2 heteroatoms. The van der Waals surface area contributed by atoms with Gasteiger partial charge in [0, 0.05) is 6.42 Å². The van der Waals surface area contributed by atoms with Gasteiger partial charge in [0.05, 0.1) is 0 Å². The molecule has 0 aliphatic rings. The summed E-state index contributed by atoms with van der Waals surface area (Å²) in [4.78, 5) is 10.0. The zero-order valence-electron chi connectivity index (χ0n) is 19.2. The molecule has 0 radical (unpaired) electrons. The van der Waals surface area contributed by atoms with Gasteiger partial charge in [0.1, 0.15) is 0 Å². The highest BCUT2D eigenvalue weighted by Crippen LogP contribution is 2.13. The lowest BCUT2D eigenvalue weighted by atomic mass is 10.0. The van der Waals surface area contributed by atoms with Crippen molar-refractivity contribution in [3.63, 3.8) is 0 Å². The summed E-state index contributed by atoms with van der Waals surface area (Å²) in [5.41, 5.74) is 0. The SMILES string of the molecule is CCCCCCCC(=O)O.CCCCCCCCCCCCCCCCC.